The SMILES string of the molecule is CN1CCCC(Nc2cc(N(Cc3ccccc3)C(=O)O)c3ncc(C4CC4)n3n2)C1. The molecule has 1 aliphatic carbocycles. The first-order valence-electron chi connectivity index (χ1n) is 11.0. The van der Waals surface area contributed by atoms with E-state index in [1.165, 1.54) is 4.90 Å². The number of hydrogen-bond acceptors (Lipinski definition) is 5. The molecule has 1 saturated carbocycles. The van der Waals surface area contributed by atoms with Crippen molar-refractivity contribution < 1.29 is 9.90 Å². The van der Waals surface area contributed by atoms with Crippen molar-refractivity contribution in [2.75, 3.05) is 30.4 Å². The summed E-state index contributed by atoms with van der Waals surface area (Å²) in [7, 11) is 2.13. The topological polar surface area (TPSA) is 86.0 Å². The van der Waals surface area contributed by atoms with Crippen molar-refractivity contribution in [2.24, 2.45) is 0 Å². The molecule has 1 amide bonds. The summed E-state index contributed by atoms with van der Waals surface area (Å²) < 4.78 is 1.85. The Balaban J connectivity index is 1.55. The summed E-state index contributed by atoms with van der Waals surface area (Å²) in [5.41, 5.74) is 3.14. The van der Waals surface area contributed by atoms with Gasteiger partial charge < -0.3 is 15.3 Å². The molecule has 1 aliphatic heterocycles. The Bertz CT molecular complexity index is 1080. The third-order valence-electron chi connectivity index (χ3n) is 6.15. The molecule has 5 rings (SSSR count). The number of hydrogen-bond donors (Lipinski definition) is 2. The molecule has 2 N–H and O–H groups in total. The van der Waals surface area contributed by atoms with Gasteiger partial charge in [-0.15, -0.1) is 5.10 Å². The molecule has 3 aromatic rings. The lowest BCUT2D eigenvalue weighted by atomic mass is 10.1. The van der Waals surface area contributed by atoms with Crippen LogP contribution >= 0.6 is 0 Å². The number of rotatable bonds is 6. The highest BCUT2D eigenvalue weighted by molar-refractivity contribution is 5.91. The number of carboxylic acid groups (broad SMARTS) is 1. The van der Waals surface area contributed by atoms with E-state index in [9.17, 15) is 9.90 Å². The second-order valence-electron chi connectivity index (χ2n) is 8.71. The lowest BCUT2D eigenvalue weighted by Gasteiger charge is -2.30. The normalized spacial score (nSPS) is 19.5. The van der Waals surface area contributed by atoms with Crippen molar-refractivity contribution >= 4 is 23.2 Å². The number of carbonyl (C=O) groups is 1. The van der Waals surface area contributed by atoms with Crippen LogP contribution in [-0.4, -0.2) is 56.9 Å². The van der Waals surface area contributed by atoms with Gasteiger partial charge in [0.05, 0.1) is 24.1 Å². The van der Waals surface area contributed by atoms with Crippen molar-refractivity contribution in [1.29, 1.82) is 0 Å². The van der Waals surface area contributed by atoms with Gasteiger partial charge in [-0.3, -0.25) is 4.90 Å². The van der Waals surface area contributed by atoms with E-state index in [0.29, 0.717) is 23.1 Å². The Morgan fingerprint density at radius 2 is 2.06 bits per heavy atom. The first-order valence-corrected chi connectivity index (χ1v) is 11.0. The van der Waals surface area contributed by atoms with Gasteiger partial charge in [0.15, 0.2) is 5.65 Å². The highest BCUT2D eigenvalue weighted by atomic mass is 16.4. The van der Waals surface area contributed by atoms with Crippen molar-refractivity contribution in [2.45, 2.75) is 44.2 Å². The van der Waals surface area contributed by atoms with E-state index in [2.05, 4.69) is 22.2 Å². The van der Waals surface area contributed by atoms with Gasteiger partial charge in [0.25, 0.3) is 0 Å². The number of nitrogens with one attached hydrogen (secondary N) is 1. The summed E-state index contributed by atoms with van der Waals surface area (Å²) in [6.45, 7) is 2.31. The van der Waals surface area contributed by atoms with Crippen molar-refractivity contribution in [3.05, 3.63) is 53.9 Å². The molecule has 0 bridgehead atoms. The zero-order valence-corrected chi connectivity index (χ0v) is 17.7. The van der Waals surface area contributed by atoms with Crippen LogP contribution in [0.3, 0.4) is 0 Å². The third kappa shape index (κ3) is 4.20. The summed E-state index contributed by atoms with van der Waals surface area (Å²) in [4.78, 5) is 20.6. The zero-order valence-electron chi connectivity index (χ0n) is 17.7. The van der Waals surface area contributed by atoms with Crippen LogP contribution in [0.5, 0.6) is 0 Å². The number of imidazole rings is 1. The van der Waals surface area contributed by atoms with Crippen LogP contribution in [0.25, 0.3) is 5.65 Å². The molecule has 8 heteroatoms. The van der Waals surface area contributed by atoms with Gasteiger partial charge in [0, 0.05) is 24.6 Å². The van der Waals surface area contributed by atoms with Crippen LogP contribution in [0, 0.1) is 0 Å². The van der Waals surface area contributed by atoms with Crippen LogP contribution < -0.4 is 10.2 Å². The van der Waals surface area contributed by atoms with E-state index in [4.69, 9.17) is 5.10 Å². The molecular weight excluding hydrogens is 392 g/mol. The number of likely N-dealkylation sites (N-methyl/N-ethyl adjacent to an activating group) is 1. The largest absolute Gasteiger partial charge is 0.465 e. The molecule has 1 saturated heterocycles. The first-order chi connectivity index (χ1) is 15.1. The summed E-state index contributed by atoms with van der Waals surface area (Å²) in [6.07, 6.45) is 5.31. The fourth-order valence-corrected chi connectivity index (χ4v) is 4.41. The minimum absolute atomic E-state index is 0.257. The van der Waals surface area contributed by atoms with Crippen LogP contribution in [-0.2, 0) is 6.54 Å². The summed E-state index contributed by atoms with van der Waals surface area (Å²) in [5, 5.41) is 18.5. The second kappa shape index (κ2) is 8.19. The molecular formula is C23H28N6O2. The summed E-state index contributed by atoms with van der Waals surface area (Å²) in [6, 6.07) is 11.8. The van der Waals surface area contributed by atoms with E-state index >= 15 is 0 Å². The molecule has 1 unspecified atom stereocenters. The smallest absolute Gasteiger partial charge is 0.412 e. The van der Waals surface area contributed by atoms with Crippen LogP contribution in [0.15, 0.2) is 42.6 Å². The third-order valence-corrected chi connectivity index (χ3v) is 6.15. The van der Waals surface area contributed by atoms with E-state index in [0.717, 1.165) is 50.0 Å². The monoisotopic (exact) mass is 420 g/mol. The van der Waals surface area contributed by atoms with Gasteiger partial charge >= 0.3 is 6.09 Å². The van der Waals surface area contributed by atoms with Gasteiger partial charge in [-0.05, 0) is 44.8 Å². The molecule has 0 spiro atoms. The molecule has 162 valence electrons. The number of amides is 1. The molecule has 2 aromatic heterocycles. The van der Waals surface area contributed by atoms with Crippen LogP contribution in [0.2, 0.25) is 0 Å². The number of benzene rings is 1. The summed E-state index contributed by atoms with van der Waals surface area (Å²) >= 11 is 0. The Morgan fingerprint density at radius 1 is 1.26 bits per heavy atom. The number of nitrogens with zero attached hydrogens (tertiary/aromatic N) is 5. The predicted octanol–water partition coefficient (Wildman–Crippen LogP) is 3.80. The maximum atomic E-state index is 12.3. The van der Waals surface area contributed by atoms with Crippen LogP contribution in [0.4, 0.5) is 16.3 Å². The van der Waals surface area contributed by atoms with Gasteiger partial charge in [0.2, 0.25) is 0 Å². The fourth-order valence-electron chi connectivity index (χ4n) is 4.41. The lowest BCUT2D eigenvalue weighted by molar-refractivity contribution is 0.201. The van der Waals surface area contributed by atoms with E-state index in [-0.39, 0.29) is 12.6 Å². The highest BCUT2D eigenvalue weighted by Gasteiger charge is 2.30. The molecule has 2 aliphatic rings. The quantitative estimate of drug-likeness (QED) is 0.631. The van der Waals surface area contributed by atoms with Crippen molar-refractivity contribution in [3.63, 3.8) is 0 Å². The minimum Gasteiger partial charge on any atom is -0.465 e. The molecule has 0 radical (unpaired) electrons. The Kier molecular flexibility index (Phi) is 5.23. The summed E-state index contributed by atoms with van der Waals surface area (Å²) in [5.74, 6) is 1.15. The van der Waals surface area contributed by atoms with Gasteiger partial charge in [-0.1, -0.05) is 30.3 Å². The van der Waals surface area contributed by atoms with E-state index in [1.54, 1.807) is 0 Å². The average molecular weight is 421 g/mol. The Labute approximate surface area is 181 Å². The Morgan fingerprint density at radius 3 is 2.77 bits per heavy atom. The fraction of sp³-hybridized carbons (Fsp3) is 0.435. The van der Waals surface area contributed by atoms with E-state index < -0.39 is 6.09 Å². The zero-order chi connectivity index (χ0) is 21.4. The number of anilines is 2. The Hall–Kier alpha value is -3.13. The average Bonchev–Trinajstić information content (AvgIpc) is 3.51. The number of aromatic nitrogens is 3. The van der Waals surface area contributed by atoms with Crippen LogP contribution in [0.1, 0.15) is 42.9 Å². The molecule has 3 heterocycles. The maximum absolute atomic E-state index is 12.3. The lowest BCUT2D eigenvalue weighted by Crippen LogP contribution is -2.40. The second-order valence-corrected chi connectivity index (χ2v) is 8.71. The van der Waals surface area contributed by atoms with Crippen molar-refractivity contribution in [3.8, 4) is 0 Å². The minimum atomic E-state index is -1.00. The number of likely N-dealkylation sites (tertiary alicyclic amines) is 1. The molecule has 8 nitrogen and oxygen atoms in total. The predicted molar refractivity (Wildman–Crippen MR) is 120 cm³/mol. The standard InChI is InChI=1S/C23H28N6O2/c1-27-11-5-8-18(15-27)25-21-12-19(22-24-13-20(17-9-10-17)29(22)26-21)28(23(30)31)14-16-6-3-2-4-7-16/h2-4,6-7,12-13,17-18H,5,8-11,14-15H2,1H3,(H,25,26)(H,30,31). The molecule has 1 atom stereocenters. The highest BCUT2D eigenvalue weighted by Crippen LogP contribution is 2.41. The van der Waals surface area contributed by atoms with Gasteiger partial charge in [-0.2, -0.15) is 0 Å². The van der Waals surface area contributed by atoms with Gasteiger partial charge in [0.1, 0.15) is 5.82 Å². The van der Waals surface area contributed by atoms with Crippen molar-refractivity contribution in [1.82, 2.24) is 19.5 Å². The first kappa shape index (κ1) is 19.8. The molecule has 31 heavy (non-hydrogen) atoms. The number of piperidine rings is 1. The molecule has 2 fully saturated rings. The number of fused-ring (bicyclic) bond motifs is 1. The van der Waals surface area contributed by atoms with E-state index in [1.807, 2.05) is 47.1 Å². The maximum Gasteiger partial charge on any atom is 0.412 e. The van der Waals surface area contributed by atoms with Gasteiger partial charge in [-0.25, -0.2) is 14.3 Å². The molecule has 1 aromatic carbocycles.